The van der Waals surface area contributed by atoms with Gasteiger partial charge in [0.2, 0.25) is 0 Å². The summed E-state index contributed by atoms with van der Waals surface area (Å²) < 4.78 is 0. The second-order valence-electron chi connectivity index (χ2n) is 6.49. The molecule has 0 amide bonds. The maximum absolute atomic E-state index is 2.74. The van der Waals surface area contributed by atoms with Crippen molar-refractivity contribution in [1.82, 2.24) is 9.80 Å². The van der Waals surface area contributed by atoms with Crippen molar-refractivity contribution >= 4 is 0 Å². The molecule has 0 N–H and O–H groups in total. The monoisotopic (exact) mass is 272 g/mol. The lowest BCUT2D eigenvalue weighted by Crippen LogP contribution is -2.34. The molecule has 0 aromatic heterocycles. The number of likely N-dealkylation sites (N-methyl/N-ethyl adjacent to an activating group) is 1. The smallest absolute Gasteiger partial charge is 0.0351 e. The van der Waals surface area contributed by atoms with Crippen molar-refractivity contribution in [3.05, 3.63) is 34.9 Å². The second-order valence-corrected chi connectivity index (χ2v) is 6.49. The lowest BCUT2D eigenvalue weighted by atomic mass is 9.85. The van der Waals surface area contributed by atoms with Crippen molar-refractivity contribution in [3.8, 4) is 0 Å². The number of rotatable bonds is 2. The van der Waals surface area contributed by atoms with Crippen molar-refractivity contribution in [2.75, 3.05) is 33.2 Å². The Kier molecular flexibility index (Phi) is 4.42. The van der Waals surface area contributed by atoms with Gasteiger partial charge in [0.1, 0.15) is 0 Å². The lowest BCUT2D eigenvalue weighted by Gasteiger charge is -2.35. The average Bonchev–Trinajstić information content (AvgIpc) is 2.70. The van der Waals surface area contributed by atoms with E-state index in [2.05, 4.69) is 42.0 Å². The van der Waals surface area contributed by atoms with Crippen LogP contribution in [0.1, 0.15) is 48.9 Å². The van der Waals surface area contributed by atoms with E-state index in [1.165, 1.54) is 57.4 Å². The van der Waals surface area contributed by atoms with Crippen molar-refractivity contribution in [1.29, 1.82) is 0 Å². The standard InChI is InChI=1S/C18H28N2/c1-3-15-8-9-17-16(14-15)6-4-7-18(17)20-11-5-10-19(2)12-13-20/h8-9,14,18H,3-7,10-13H2,1-2H3. The molecule has 0 radical (unpaired) electrons. The van der Waals surface area contributed by atoms with E-state index >= 15 is 0 Å². The summed E-state index contributed by atoms with van der Waals surface area (Å²) in [5, 5.41) is 0. The van der Waals surface area contributed by atoms with Crippen LogP contribution < -0.4 is 0 Å². The molecule has 0 spiro atoms. The number of aryl methyl sites for hydroxylation is 2. The lowest BCUT2D eigenvalue weighted by molar-refractivity contribution is 0.184. The molecule has 0 saturated carbocycles. The number of fused-ring (bicyclic) bond motifs is 1. The molecule has 1 aliphatic carbocycles. The predicted molar refractivity (Wildman–Crippen MR) is 85.2 cm³/mol. The molecule has 1 aliphatic heterocycles. The van der Waals surface area contributed by atoms with Crippen LogP contribution in [-0.4, -0.2) is 43.0 Å². The minimum Gasteiger partial charge on any atom is -0.305 e. The maximum atomic E-state index is 2.74. The van der Waals surface area contributed by atoms with Crippen LogP contribution in [0.5, 0.6) is 0 Å². The van der Waals surface area contributed by atoms with Crippen LogP contribution in [-0.2, 0) is 12.8 Å². The molecule has 1 heterocycles. The van der Waals surface area contributed by atoms with Gasteiger partial charge < -0.3 is 4.90 Å². The molecular weight excluding hydrogens is 244 g/mol. The molecule has 1 unspecified atom stereocenters. The molecule has 20 heavy (non-hydrogen) atoms. The van der Waals surface area contributed by atoms with E-state index in [1.54, 1.807) is 11.1 Å². The normalized spacial score (nSPS) is 25.2. The third-order valence-electron chi connectivity index (χ3n) is 5.09. The minimum absolute atomic E-state index is 0.677. The van der Waals surface area contributed by atoms with Gasteiger partial charge in [0.15, 0.2) is 0 Å². The summed E-state index contributed by atoms with van der Waals surface area (Å²) in [7, 11) is 2.26. The van der Waals surface area contributed by atoms with Crippen LogP contribution in [0.4, 0.5) is 0 Å². The number of hydrogen-bond acceptors (Lipinski definition) is 2. The van der Waals surface area contributed by atoms with Gasteiger partial charge in [-0.2, -0.15) is 0 Å². The van der Waals surface area contributed by atoms with Gasteiger partial charge in [-0.25, -0.2) is 0 Å². The highest BCUT2D eigenvalue weighted by Gasteiger charge is 2.26. The van der Waals surface area contributed by atoms with Gasteiger partial charge in [0.25, 0.3) is 0 Å². The Labute approximate surface area is 123 Å². The SMILES string of the molecule is CCc1ccc2c(c1)CCCC2N1CCCN(C)CC1. The van der Waals surface area contributed by atoms with Gasteiger partial charge in [-0.15, -0.1) is 0 Å². The van der Waals surface area contributed by atoms with Gasteiger partial charge >= 0.3 is 0 Å². The van der Waals surface area contributed by atoms with Crippen LogP contribution in [0.3, 0.4) is 0 Å². The third kappa shape index (κ3) is 2.91. The van der Waals surface area contributed by atoms with Crippen molar-refractivity contribution in [2.45, 2.75) is 45.1 Å². The van der Waals surface area contributed by atoms with Crippen molar-refractivity contribution < 1.29 is 0 Å². The predicted octanol–water partition coefficient (Wildman–Crippen LogP) is 3.26. The summed E-state index contributed by atoms with van der Waals surface area (Å²) in [6, 6.07) is 7.91. The van der Waals surface area contributed by atoms with E-state index in [-0.39, 0.29) is 0 Å². The summed E-state index contributed by atoms with van der Waals surface area (Å²) in [4.78, 5) is 5.22. The molecule has 1 aromatic carbocycles. The van der Waals surface area contributed by atoms with Crippen LogP contribution in [0, 0.1) is 0 Å². The quantitative estimate of drug-likeness (QED) is 0.815. The van der Waals surface area contributed by atoms with Crippen LogP contribution in [0.2, 0.25) is 0 Å². The fourth-order valence-electron chi connectivity index (χ4n) is 3.82. The zero-order chi connectivity index (χ0) is 13.9. The fraction of sp³-hybridized carbons (Fsp3) is 0.667. The van der Waals surface area contributed by atoms with Gasteiger partial charge in [-0.05, 0) is 62.4 Å². The van der Waals surface area contributed by atoms with E-state index in [1.807, 2.05) is 0 Å². The Morgan fingerprint density at radius 3 is 2.85 bits per heavy atom. The first-order valence-electron chi connectivity index (χ1n) is 8.32. The Bertz CT molecular complexity index is 455. The van der Waals surface area contributed by atoms with Crippen LogP contribution in [0.15, 0.2) is 18.2 Å². The van der Waals surface area contributed by atoms with Crippen molar-refractivity contribution in [2.24, 2.45) is 0 Å². The zero-order valence-corrected chi connectivity index (χ0v) is 13.1. The van der Waals surface area contributed by atoms with Gasteiger partial charge in [0, 0.05) is 25.7 Å². The average molecular weight is 272 g/mol. The van der Waals surface area contributed by atoms with Crippen LogP contribution in [0.25, 0.3) is 0 Å². The first-order valence-corrected chi connectivity index (χ1v) is 8.32. The number of nitrogens with zero attached hydrogens (tertiary/aromatic N) is 2. The Morgan fingerprint density at radius 2 is 2.00 bits per heavy atom. The molecular formula is C18H28N2. The molecule has 1 saturated heterocycles. The molecule has 110 valence electrons. The summed E-state index contributed by atoms with van der Waals surface area (Å²) in [6.07, 6.45) is 6.47. The Morgan fingerprint density at radius 1 is 1.10 bits per heavy atom. The van der Waals surface area contributed by atoms with E-state index in [0.29, 0.717) is 6.04 Å². The van der Waals surface area contributed by atoms with Gasteiger partial charge in [0.05, 0.1) is 0 Å². The summed E-state index contributed by atoms with van der Waals surface area (Å²) >= 11 is 0. The van der Waals surface area contributed by atoms with Crippen molar-refractivity contribution in [3.63, 3.8) is 0 Å². The summed E-state index contributed by atoms with van der Waals surface area (Å²) in [6.45, 7) is 7.23. The molecule has 2 aliphatic rings. The third-order valence-corrected chi connectivity index (χ3v) is 5.09. The van der Waals surface area contributed by atoms with Crippen LogP contribution >= 0.6 is 0 Å². The first kappa shape index (κ1) is 14.1. The Balaban J connectivity index is 1.82. The summed E-state index contributed by atoms with van der Waals surface area (Å²) in [5.74, 6) is 0. The van der Waals surface area contributed by atoms with Gasteiger partial charge in [-0.1, -0.05) is 25.1 Å². The number of benzene rings is 1. The Hall–Kier alpha value is -0.860. The maximum Gasteiger partial charge on any atom is 0.0351 e. The molecule has 3 rings (SSSR count). The van der Waals surface area contributed by atoms with Gasteiger partial charge in [-0.3, -0.25) is 4.90 Å². The highest BCUT2D eigenvalue weighted by molar-refractivity contribution is 5.36. The molecule has 2 nitrogen and oxygen atoms in total. The minimum atomic E-state index is 0.677. The molecule has 1 aromatic rings. The zero-order valence-electron chi connectivity index (χ0n) is 13.1. The molecule has 1 atom stereocenters. The highest BCUT2D eigenvalue weighted by Crippen LogP contribution is 2.35. The van der Waals surface area contributed by atoms with E-state index in [4.69, 9.17) is 0 Å². The topological polar surface area (TPSA) is 6.48 Å². The van der Waals surface area contributed by atoms with E-state index in [0.717, 1.165) is 6.42 Å². The second kappa shape index (κ2) is 6.28. The molecule has 0 bridgehead atoms. The van der Waals surface area contributed by atoms with E-state index < -0.39 is 0 Å². The summed E-state index contributed by atoms with van der Waals surface area (Å²) in [5.41, 5.74) is 4.75. The number of hydrogen-bond donors (Lipinski definition) is 0. The molecule has 2 heteroatoms. The molecule has 1 fully saturated rings. The largest absolute Gasteiger partial charge is 0.305 e. The highest BCUT2D eigenvalue weighted by atomic mass is 15.2. The fourth-order valence-corrected chi connectivity index (χ4v) is 3.82. The first-order chi connectivity index (χ1) is 9.78. The van der Waals surface area contributed by atoms with E-state index in [9.17, 15) is 0 Å².